The summed E-state index contributed by atoms with van der Waals surface area (Å²) >= 11 is 0. The summed E-state index contributed by atoms with van der Waals surface area (Å²) in [5.74, 6) is 1.78. The highest BCUT2D eigenvalue weighted by Crippen LogP contribution is 2.13. The highest BCUT2D eigenvalue weighted by molar-refractivity contribution is 5.79. The molecule has 31 heavy (non-hydrogen) atoms. The van der Waals surface area contributed by atoms with E-state index in [2.05, 4.69) is 43.6 Å². The second-order valence-electron chi connectivity index (χ2n) is 8.41. The Morgan fingerprint density at radius 1 is 1.00 bits per heavy atom. The van der Waals surface area contributed by atoms with Crippen molar-refractivity contribution < 1.29 is 9.47 Å². The SMILES string of the molecule is CN=C(NCCCN1CCCCCC1)NCc1cccc(OCCN2CCOCC2)c1. The summed E-state index contributed by atoms with van der Waals surface area (Å²) in [6, 6.07) is 8.31. The third-order valence-corrected chi connectivity index (χ3v) is 6.00. The zero-order valence-electron chi connectivity index (χ0n) is 19.3. The van der Waals surface area contributed by atoms with Gasteiger partial charge >= 0.3 is 0 Å². The van der Waals surface area contributed by atoms with Gasteiger partial charge in [0.05, 0.1) is 13.2 Å². The van der Waals surface area contributed by atoms with Gasteiger partial charge in [0.1, 0.15) is 12.4 Å². The molecule has 2 fully saturated rings. The topological polar surface area (TPSA) is 61.4 Å². The van der Waals surface area contributed by atoms with Gasteiger partial charge in [-0.05, 0) is 56.6 Å². The largest absolute Gasteiger partial charge is 0.492 e. The molecule has 2 aliphatic heterocycles. The van der Waals surface area contributed by atoms with Crippen LogP contribution >= 0.6 is 0 Å². The lowest BCUT2D eigenvalue weighted by atomic mass is 10.2. The maximum absolute atomic E-state index is 5.97. The van der Waals surface area contributed by atoms with Gasteiger partial charge in [-0.1, -0.05) is 25.0 Å². The Bertz CT molecular complexity index is 641. The van der Waals surface area contributed by atoms with E-state index in [-0.39, 0.29) is 0 Å². The highest BCUT2D eigenvalue weighted by atomic mass is 16.5. The van der Waals surface area contributed by atoms with Crippen molar-refractivity contribution >= 4 is 5.96 Å². The van der Waals surface area contributed by atoms with Crippen molar-refractivity contribution in [3.63, 3.8) is 0 Å². The molecule has 0 amide bonds. The Balaban J connectivity index is 1.31. The lowest BCUT2D eigenvalue weighted by Crippen LogP contribution is -2.38. The summed E-state index contributed by atoms with van der Waals surface area (Å²) in [4.78, 5) is 9.35. The first-order valence-electron chi connectivity index (χ1n) is 12.0. The molecule has 1 aromatic carbocycles. The van der Waals surface area contributed by atoms with Crippen LogP contribution in [0.2, 0.25) is 0 Å². The molecule has 2 N–H and O–H groups in total. The normalized spacial score (nSPS) is 19.1. The Morgan fingerprint density at radius 3 is 2.55 bits per heavy atom. The van der Waals surface area contributed by atoms with Gasteiger partial charge in [0.2, 0.25) is 0 Å². The fourth-order valence-electron chi connectivity index (χ4n) is 4.14. The smallest absolute Gasteiger partial charge is 0.191 e. The Hall–Kier alpha value is -1.83. The molecule has 0 spiro atoms. The standard InChI is InChI=1S/C24H41N5O2/c1-25-24(26-10-7-13-28-11-4-2-3-5-12-28)27-21-22-8-6-9-23(20-22)31-19-16-29-14-17-30-18-15-29/h6,8-9,20H,2-5,7,10-19,21H2,1H3,(H2,25,26,27). The average Bonchev–Trinajstić information content (AvgIpc) is 3.08. The number of ether oxygens (including phenoxy) is 2. The van der Waals surface area contributed by atoms with Crippen molar-refractivity contribution in [2.75, 3.05) is 72.7 Å². The number of hydrogen-bond donors (Lipinski definition) is 2. The van der Waals surface area contributed by atoms with Crippen molar-refractivity contribution in [3.05, 3.63) is 29.8 Å². The number of guanidine groups is 1. The molecule has 3 rings (SSSR count). The lowest BCUT2D eigenvalue weighted by molar-refractivity contribution is 0.0322. The van der Waals surface area contributed by atoms with E-state index in [4.69, 9.17) is 9.47 Å². The number of aliphatic imine (C=N–C) groups is 1. The second-order valence-corrected chi connectivity index (χ2v) is 8.41. The first-order chi connectivity index (χ1) is 15.3. The molecular formula is C24H41N5O2. The summed E-state index contributed by atoms with van der Waals surface area (Å²) in [7, 11) is 1.83. The summed E-state index contributed by atoms with van der Waals surface area (Å²) in [6.07, 6.45) is 6.64. The van der Waals surface area contributed by atoms with E-state index in [0.29, 0.717) is 6.61 Å². The number of likely N-dealkylation sites (tertiary alicyclic amines) is 1. The Kier molecular flexibility index (Phi) is 11.0. The molecule has 0 bridgehead atoms. The van der Waals surface area contributed by atoms with Gasteiger partial charge < -0.3 is 25.0 Å². The fourth-order valence-corrected chi connectivity index (χ4v) is 4.14. The predicted octanol–water partition coefficient (Wildman–Crippen LogP) is 2.33. The molecular weight excluding hydrogens is 390 g/mol. The van der Waals surface area contributed by atoms with Crippen LogP contribution in [0.15, 0.2) is 29.3 Å². The molecule has 0 aromatic heterocycles. The minimum atomic E-state index is 0.705. The fraction of sp³-hybridized carbons (Fsp3) is 0.708. The number of rotatable bonds is 10. The minimum absolute atomic E-state index is 0.705. The van der Waals surface area contributed by atoms with Crippen LogP contribution in [0.25, 0.3) is 0 Å². The van der Waals surface area contributed by atoms with Crippen LogP contribution in [0.5, 0.6) is 5.75 Å². The van der Waals surface area contributed by atoms with E-state index in [9.17, 15) is 0 Å². The van der Waals surface area contributed by atoms with Gasteiger partial charge in [0.15, 0.2) is 5.96 Å². The number of nitrogens with zero attached hydrogens (tertiary/aromatic N) is 3. The quantitative estimate of drug-likeness (QED) is 0.337. The van der Waals surface area contributed by atoms with Crippen LogP contribution in [0.4, 0.5) is 0 Å². The maximum atomic E-state index is 5.97. The molecule has 2 aliphatic rings. The van der Waals surface area contributed by atoms with E-state index in [1.165, 1.54) is 50.9 Å². The van der Waals surface area contributed by atoms with Gasteiger partial charge in [0.25, 0.3) is 0 Å². The molecule has 0 aliphatic carbocycles. The van der Waals surface area contributed by atoms with Gasteiger partial charge in [-0.2, -0.15) is 0 Å². The summed E-state index contributed by atoms with van der Waals surface area (Å²) in [5, 5.41) is 6.86. The van der Waals surface area contributed by atoms with E-state index in [0.717, 1.165) is 64.1 Å². The summed E-state index contributed by atoms with van der Waals surface area (Å²) < 4.78 is 11.4. The molecule has 2 heterocycles. The van der Waals surface area contributed by atoms with Crippen LogP contribution in [0, 0.1) is 0 Å². The molecule has 0 atom stereocenters. The van der Waals surface area contributed by atoms with Crippen LogP contribution < -0.4 is 15.4 Å². The molecule has 2 saturated heterocycles. The monoisotopic (exact) mass is 431 g/mol. The molecule has 0 unspecified atom stereocenters. The highest BCUT2D eigenvalue weighted by Gasteiger charge is 2.10. The van der Waals surface area contributed by atoms with Crippen molar-refractivity contribution in [2.45, 2.75) is 38.6 Å². The van der Waals surface area contributed by atoms with Crippen molar-refractivity contribution in [3.8, 4) is 5.75 Å². The molecule has 1 aromatic rings. The van der Waals surface area contributed by atoms with E-state index < -0.39 is 0 Å². The molecule has 7 heteroatoms. The Morgan fingerprint density at radius 2 is 1.77 bits per heavy atom. The average molecular weight is 432 g/mol. The predicted molar refractivity (Wildman–Crippen MR) is 127 cm³/mol. The zero-order valence-corrected chi connectivity index (χ0v) is 19.3. The second kappa shape index (κ2) is 14.3. The van der Waals surface area contributed by atoms with Crippen LogP contribution in [0.3, 0.4) is 0 Å². The van der Waals surface area contributed by atoms with Gasteiger partial charge in [0, 0.05) is 39.8 Å². The van der Waals surface area contributed by atoms with Gasteiger partial charge in [-0.25, -0.2) is 0 Å². The minimum Gasteiger partial charge on any atom is -0.492 e. The van der Waals surface area contributed by atoms with Crippen LogP contribution in [-0.4, -0.2) is 88.4 Å². The summed E-state index contributed by atoms with van der Waals surface area (Å²) in [5.41, 5.74) is 1.19. The first-order valence-corrected chi connectivity index (χ1v) is 12.0. The third-order valence-electron chi connectivity index (χ3n) is 6.00. The van der Waals surface area contributed by atoms with Crippen molar-refractivity contribution in [1.82, 2.24) is 20.4 Å². The van der Waals surface area contributed by atoms with Crippen molar-refractivity contribution in [2.24, 2.45) is 4.99 Å². The van der Waals surface area contributed by atoms with E-state index >= 15 is 0 Å². The molecule has 0 radical (unpaired) electrons. The maximum Gasteiger partial charge on any atom is 0.191 e. The van der Waals surface area contributed by atoms with Crippen LogP contribution in [-0.2, 0) is 11.3 Å². The first kappa shape index (κ1) is 23.8. The number of nitrogens with one attached hydrogen (secondary N) is 2. The number of hydrogen-bond acceptors (Lipinski definition) is 5. The Labute approximate surface area is 188 Å². The molecule has 174 valence electrons. The number of benzene rings is 1. The van der Waals surface area contributed by atoms with E-state index in [1.807, 2.05) is 13.1 Å². The van der Waals surface area contributed by atoms with Crippen LogP contribution in [0.1, 0.15) is 37.7 Å². The number of morpholine rings is 1. The van der Waals surface area contributed by atoms with Gasteiger partial charge in [-0.3, -0.25) is 9.89 Å². The third kappa shape index (κ3) is 9.46. The lowest BCUT2D eigenvalue weighted by Gasteiger charge is -2.26. The molecule has 7 nitrogen and oxygen atoms in total. The van der Waals surface area contributed by atoms with E-state index in [1.54, 1.807) is 0 Å². The summed E-state index contributed by atoms with van der Waals surface area (Å²) in [6.45, 7) is 10.7. The zero-order chi connectivity index (χ0) is 21.6. The van der Waals surface area contributed by atoms with Gasteiger partial charge in [-0.15, -0.1) is 0 Å². The molecule has 0 saturated carbocycles. The van der Waals surface area contributed by atoms with Crippen molar-refractivity contribution in [1.29, 1.82) is 0 Å².